The number of aliphatic carboxylic acids is 1. The fourth-order valence-corrected chi connectivity index (χ4v) is 5.26. The number of carboxylic acids is 1. The third kappa shape index (κ3) is 4.73. The number of halogens is 3. The van der Waals surface area contributed by atoms with E-state index in [9.17, 15) is 21.6 Å². The lowest BCUT2D eigenvalue weighted by Crippen LogP contribution is -2.41. The number of carbonyl (C=O) groups is 1. The van der Waals surface area contributed by atoms with Gasteiger partial charge in [0.05, 0.1) is 19.5 Å². The van der Waals surface area contributed by atoms with Crippen molar-refractivity contribution in [3.63, 3.8) is 0 Å². The van der Waals surface area contributed by atoms with Gasteiger partial charge in [0.25, 0.3) is 0 Å². The Labute approximate surface area is 167 Å². The minimum Gasteiger partial charge on any atom is -0.475 e. The van der Waals surface area contributed by atoms with Crippen LogP contribution in [-0.2, 0) is 19.6 Å². The topological polar surface area (TPSA) is 87.2 Å². The van der Waals surface area contributed by atoms with E-state index in [1.807, 2.05) is 0 Å². The largest absolute Gasteiger partial charge is 0.490 e. The maximum Gasteiger partial charge on any atom is 0.490 e. The fourth-order valence-electron chi connectivity index (χ4n) is 4.38. The van der Waals surface area contributed by atoms with E-state index in [0.717, 1.165) is 26.3 Å². The molecule has 0 amide bonds. The predicted octanol–water partition coefficient (Wildman–Crippen LogP) is 1.68. The van der Waals surface area contributed by atoms with E-state index in [-0.39, 0.29) is 0 Å². The summed E-state index contributed by atoms with van der Waals surface area (Å²) in [6.45, 7) is 4.67. The highest BCUT2D eigenvalue weighted by molar-refractivity contribution is 7.88. The van der Waals surface area contributed by atoms with Gasteiger partial charge in [0.15, 0.2) is 0 Å². The van der Waals surface area contributed by atoms with E-state index in [1.54, 1.807) is 4.31 Å². The van der Waals surface area contributed by atoms with Crippen molar-refractivity contribution in [3.8, 4) is 0 Å². The summed E-state index contributed by atoms with van der Waals surface area (Å²) in [7, 11) is -3.11. The molecule has 2 fully saturated rings. The summed E-state index contributed by atoms with van der Waals surface area (Å²) in [5, 5.41) is 7.12. The molecular formula is C18H23F3N2O5S. The van der Waals surface area contributed by atoms with Gasteiger partial charge in [-0.2, -0.15) is 13.2 Å². The Morgan fingerprint density at radius 3 is 2.21 bits per heavy atom. The number of nitrogens with zero attached hydrogens (tertiary/aromatic N) is 2. The van der Waals surface area contributed by atoms with Gasteiger partial charge in [-0.1, -0.05) is 24.3 Å². The van der Waals surface area contributed by atoms with Gasteiger partial charge in [0.2, 0.25) is 10.0 Å². The fraction of sp³-hybridized carbons (Fsp3) is 0.611. The first-order chi connectivity index (χ1) is 13.5. The van der Waals surface area contributed by atoms with Crippen LogP contribution in [0.25, 0.3) is 0 Å². The monoisotopic (exact) mass is 436 g/mol. The number of alkyl halides is 3. The van der Waals surface area contributed by atoms with E-state index >= 15 is 0 Å². The molecule has 1 aromatic rings. The number of carboxylic acid groups (broad SMARTS) is 1. The zero-order chi connectivity index (χ0) is 21.4. The maximum atomic E-state index is 12.0. The van der Waals surface area contributed by atoms with Gasteiger partial charge in [0, 0.05) is 44.1 Å². The number of fused-ring (bicyclic) bond motifs is 3. The first-order valence-corrected chi connectivity index (χ1v) is 11.0. The molecule has 3 aliphatic rings. The molecule has 2 heterocycles. The molecule has 7 nitrogen and oxygen atoms in total. The highest BCUT2D eigenvalue weighted by Crippen LogP contribution is 2.52. The molecule has 0 radical (unpaired) electrons. The Balaban J connectivity index is 0.000000298. The van der Waals surface area contributed by atoms with Crippen molar-refractivity contribution in [3.05, 3.63) is 35.4 Å². The lowest BCUT2D eigenvalue weighted by molar-refractivity contribution is -0.192. The van der Waals surface area contributed by atoms with E-state index in [4.69, 9.17) is 14.6 Å². The van der Waals surface area contributed by atoms with Crippen molar-refractivity contribution in [2.24, 2.45) is 5.92 Å². The number of hydrogen-bond donors (Lipinski definition) is 1. The normalized spacial score (nSPS) is 27.7. The van der Waals surface area contributed by atoms with E-state index < -0.39 is 22.2 Å². The Bertz CT molecular complexity index is 855. The molecule has 0 bridgehead atoms. The van der Waals surface area contributed by atoms with Crippen LogP contribution in [0, 0.1) is 5.92 Å². The molecule has 0 spiro atoms. The van der Waals surface area contributed by atoms with Gasteiger partial charge in [-0.15, -0.1) is 0 Å². The minimum absolute atomic E-state index is 0.330. The second-order valence-corrected chi connectivity index (χ2v) is 9.36. The van der Waals surface area contributed by atoms with Crippen molar-refractivity contribution >= 4 is 16.0 Å². The molecule has 4 rings (SSSR count). The van der Waals surface area contributed by atoms with Crippen molar-refractivity contribution in [2.45, 2.75) is 18.1 Å². The molecule has 2 saturated heterocycles. The van der Waals surface area contributed by atoms with Gasteiger partial charge in [-0.3, -0.25) is 4.90 Å². The average molecular weight is 436 g/mol. The minimum atomic E-state index is -5.08. The summed E-state index contributed by atoms with van der Waals surface area (Å²) < 4.78 is 62.8. The van der Waals surface area contributed by atoms with Crippen molar-refractivity contribution in [1.82, 2.24) is 9.21 Å². The van der Waals surface area contributed by atoms with Gasteiger partial charge >= 0.3 is 12.1 Å². The van der Waals surface area contributed by atoms with Crippen LogP contribution in [-0.4, -0.2) is 80.5 Å². The second-order valence-electron chi connectivity index (χ2n) is 7.38. The molecule has 1 N–H and O–H groups in total. The Hall–Kier alpha value is -1.69. The highest BCUT2D eigenvalue weighted by atomic mass is 32.2. The molecule has 0 saturated carbocycles. The highest BCUT2D eigenvalue weighted by Gasteiger charge is 2.50. The molecule has 29 heavy (non-hydrogen) atoms. The number of morpholine rings is 1. The molecule has 2 aliphatic heterocycles. The molecule has 1 aliphatic carbocycles. The quantitative estimate of drug-likeness (QED) is 0.759. The molecule has 1 aromatic carbocycles. The van der Waals surface area contributed by atoms with Crippen LogP contribution >= 0.6 is 0 Å². The van der Waals surface area contributed by atoms with Gasteiger partial charge in [0.1, 0.15) is 0 Å². The molecule has 162 valence electrons. The zero-order valence-corrected chi connectivity index (χ0v) is 16.6. The van der Waals surface area contributed by atoms with Crippen LogP contribution in [0.15, 0.2) is 24.3 Å². The predicted molar refractivity (Wildman–Crippen MR) is 97.9 cm³/mol. The van der Waals surface area contributed by atoms with Gasteiger partial charge < -0.3 is 9.84 Å². The second kappa shape index (κ2) is 8.21. The van der Waals surface area contributed by atoms with Crippen LogP contribution < -0.4 is 0 Å². The number of hydrogen-bond acceptors (Lipinski definition) is 5. The standard InChI is InChI=1S/C16H22N2O3S.C2HF3O2/c1-22(19,20)18-10-14-12-4-2-3-5-13(12)16(15(14)11-18)17-6-8-21-9-7-17;3-2(4,5)1(6)7/h2-5,14-16H,6-11H2,1H3;(H,6,7)/t14-,15-,16-;/m0./s1. The summed E-state index contributed by atoms with van der Waals surface area (Å²) in [6.07, 6.45) is -3.76. The molecule has 0 aromatic heterocycles. The lowest BCUT2D eigenvalue weighted by Gasteiger charge is -2.36. The smallest absolute Gasteiger partial charge is 0.475 e. The number of rotatable bonds is 2. The lowest BCUT2D eigenvalue weighted by atomic mass is 9.93. The number of benzene rings is 1. The summed E-state index contributed by atoms with van der Waals surface area (Å²) in [4.78, 5) is 11.4. The molecular weight excluding hydrogens is 413 g/mol. The van der Waals surface area contributed by atoms with Crippen LogP contribution in [0.1, 0.15) is 23.1 Å². The van der Waals surface area contributed by atoms with Crippen LogP contribution in [0.2, 0.25) is 0 Å². The first kappa shape index (κ1) is 22.0. The SMILES string of the molecule is CS(=O)(=O)N1C[C@H]2[C@@H](C1)c1ccccc1[C@@H]2N1CCOCC1.O=C(O)C(F)(F)F. The van der Waals surface area contributed by atoms with E-state index in [0.29, 0.717) is 31.0 Å². The zero-order valence-electron chi connectivity index (χ0n) is 15.8. The Morgan fingerprint density at radius 1 is 1.14 bits per heavy atom. The molecule has 0 unspecified atom stereocenters. The van der Waals surface area contributed by atoms with E-state index in [2.05, 4.69) is 29.2 Å². The number of ether oxygens (including phenoxy) is 1. The third-order valence-electron chi connectivity index (χ3n) is 5.60. The van der Waals surface area contributed by atoms with Crippen molar-refractivity contribution in [2.75, 3.05) is 45.6 Å². The first-order valence-electron chi connectivity index (χ1n) is 9.16. The van der Waals surface area contributed by atoms with Crippen LogP contribution in [0.5, 0.6) is 0 Å². The summed E-state index contributed by atoms with van der Waals surface area (Å²) >= 11 is 0. The summed E-state index contributed by atoms with van der Waals surface area (Å²) in [5.41, 5.74) is 2.74. The summed E-state index contributed by atoms with van der Waals surface area (Å²) in [5.74, 6) is -2.06. The Morgan fingerprint density at radius 2 is 1.69 bits per heavy atom. The van der Waals surface area contributed by atoms with Crippen molar-refractivity contribution in [1.29, 1.82) is 0 Å². The molecule has 3 atom stereocenters. The molecule has 11 heteroatoms. The third-order valence-corrected chi connectivity index (χ3v) is 6.84. The van der Waals surface area contributed by atoms with Gasteiger partial charge in [-0.25, -0.2) is 17.5 Å². The Kier molecular flexibility index (Phi) is 6.23. The van der Waals surface area contributed by atoms with E-state index in [1.165, 1.54) is 17.4 Å². The number of sulfonamides is 1. The van der Waals surface area contributed by atoms with Crippen molar-refractivity contribution < 1.29 is 36.2 Å². The summed E-state index contributed by atoms with van der Waals surface area (Å²) in [6, 6.07) is 8.90. The van der Waals surface area contributed by atoms with Crippen LogP contribution in [0.3, 0.4) is 0 Å². The van der Waals surface area contributed by atoms with Gasteiger partial charge in [-0.05, 0) is 11.1 Å². The maximum absolute atomic E-state index is 12.0. The average Bonchev–Trinajstić information content (AvgIpc) is 3.19. The van der Waals surface area contributed by atoms with Crippen LogP contribution in [0.4, 0.5) is 13.2 Å².